The Labute approximate surface area is 161 Å². The molecule has 0 aliphatic carbocycles. The number of allylic oxidation sites excluding steroid dienone is 1. The van der Waals surface area contributed by atoms with Gasteiger partial charge in [0.2, 0.25) is 0 Å². The van der Waals surface area contributed by atoms with Crippen LogP contribution in [0.1, 0.15) is 43.7 Å². The van der Waals surface area contributed by atoms with E-state index in [0.29, 0.717) is 6.54 Å². The van der Waals surface area contributed by atoms with E-state index in [1.54, 1.807) is 14.2 Å². The van der Waals surface area contributed by atoms with Crippen molar-refractivity contribution in [2.24, 2.45) is 0 Å². The van der Waals surface area contributed by atoms with Gasteiger partial charge in [-0.1, -0.05) is 13.0 Å². The number of amides is 2. The minimum absolute atomic E-state index is 0.118. The van der Waals surface area contributed by atoms with Crippen LogP contribution < -0.4 is 14.8 Å². The van der Waals surface area contributed by atoms with E-state index in [2.05, 4.69) is 30.1 Å². The highest BCUT2D eigenvalue weighted by atomic mass is 16.5. The molecule has 1 aromatic carbocycles. The van der Waals surface area contributed by atoms with Crippen LogP contribution >= 0.6 is 0 Å². The van der Waals surface area contributed by atoms with Crippen molar-refractivity contribution in [2.75, 3.05) is 33.9 Å². The molecule has 4 rings (SSSR count). The second kappa shape index (κ2) is 6.75. The van der Waals surface area contributed by atoms with Crippen LogP contribution in [0.4, 0.5) is 4.79 Å². The van der Waals surface area contributed by atoms with E-state index in [0.717, 1.165) is 55.1 Å². The molecule has 2 amide bonds. The number of piperidine rings is 1. The Morgan fingerprint density at radius 2 is 1.96 bits per heavy atom. The van der Waals surface area contributed by atoms with Crippen LogP contribution in [0.15, 0.2) is 23.9 Å². The smallest absolute Gasteiger partial charge is 0.325 e. The van der Waals surface area contributed by atoms with Crippen LogP contribution in [0.2, 0.25) is 0 Å². The summed E-state index contributed by atoms with van der Waals surface area (Å²) in [7, 11) is 3.36. The molecule has 27 heavy (non-hydrogen) atoms. The number of carbonyl (C=O) groups is 1. The zero-order valence-corrected chi connectivity index (χ0v) is 16.7. The first-order valence-corrected chi connectivity index (χ1v) is 9.82. The summed E-state index contributed by atoms with van der Waals surface area (Å²) in [5.74, 6) is 1.75. The summed E-state index contributed by atoms with van der Waals surface area (Å²) < 4.78 is 11.1. The van der Waals surface area contributed by atoms with Gasteiger partial charge in [0.15, 0.2) is 0 Å². The summed E-state index contributed by atoms with van der Waals surface area (Å²) in [5, 5.41) is 3.45. The number of ether oxygens (including phenoxy) is 2. The number of carbonyl (C=O) groups excluding carboxylic acids is 1. The van der Waals surface area contributed by atoms with Crippen molar-refractivity contribution in [3.8, 4) is 11.5 Å². The normalized spacial score (nSPS) is 23.6. The third-order valence-corrected chi connectivity index (χ3v) is 6.34. The molecule has 2 saturated heterocycles. The fourth-order valence-electron chi connectivity index (χ4n) is 5.10. The molecule has 3 aliphatic heterocycles. The van der Waals surface area contributed by atoms with Crippen LogP contribution in [0, 0.1) is 0 Å². The first-order valence-electron chi connectivity index (χ1n) is 9.82. The van der Waals surface area contributed by atoms with E-state index in [1.165, 1.54) is 5.70 Å². The van der Waals surface area contributed by atoms with Gasteiger partial charge in [0.05, 0.1) is 26.3 Å². The molecule has 0 bridgehead atoms. The maximum Gasteiger partial charge on any atom is 0.325 e. The van der Waals surface area contributed by atoms with E-state index in [4.69, 9.17) is 9.47 Å². The number of methoxy groups -OCH3 is 2. The highest BCUT2D eigenvalue weighted by Crippen LogP contribution is 2.48. The fraction of sp³-hybridized carbons (Fsp3) is 0.571. The van der Waals surface area contributed by atoms with Crippen LogP contribution in [-0.4, -0.2) is 55.2 Å². The lowest BCUT2D eigenvalue weighted by Gasteiger charge is -2.41. The summed E-state index contributed by atoms with van der Waals surface area (Å²) in [6.07, 6.45) is 4.20. The van der Waals surface area contributed by atoms with E-state index in [-0.39, 0.29) is 17.5 Å². The Bertz CT molecular complexity index is 783. The first kappa shape index (κ1) is 18.2. The number of nitrogens with zero attached hydrogens (tertiary/aromatic N) is 2. The van der Waals surface area contributed by atoms with Crippen molar-refractivity contribution >= 4 is 6.03 Å². The van der Waals surface area contributed by atoms with Crippen LogP contribution in [0.5, 0.6) is 11.5 Å². The van der Waals surface area contributed by atoms with Gasteiger partial charge in [-0.15, -0.1) is 0 Å². The maximum atomic E-state index is 13.4. The number of hydrogen-bond acceptors (Lipinski definition) is 4. The molecule has 0 radical (unpaired) electrons. The van der Waals surface area contributed by atoms with E-state index in [9.17, 15) is 4.79 Å². The molecule has 3 heterocycles. The lowest BCUT2D eigenvalue weighted by atomic mass is 9.82. The van der Waals surface area contributed by atoms with Crippen molar-refractivity contribution in [3.05, 3.63) is 35.0 Å². The number of benzene rings is 1. The second-order valence-corrected chi connectivity index (χ2v) is 7.64. The Balaban J connectivity index is 1.86. The van der Waals surface area contributed by atoms with Gasteiger partial charge in [-0.25, -0.2) is 4.79 Å². The number of fused-ring (bicyclic) bond motifs is 3. The van der Waals surface area contributed by atoms with Crippen LogP contribution in [0.3, 0.4) is 0 Å². The molecule has 1 spiro atoms. The quantitative estimate of drug-likeness (QED) is 0.887. The van der Waals surface area contributed by atoms with Crippen molar-refractivity contribution in [1.29, 1.82) is 0 Å². The van der Waals surface area contributed by atoms with Crippen molar-refractivity contribution in [2.45, 2.75) is 44.7 Å². The Morgan fingerprint density at radius 1 is 1.22 bits per heavy atom. The minimum Gasteiger partial charge on any atom is -0.497 e. The SMILES string of the molecule is CCN1C(=O)N2Cc3cc(OC)cc(OC)c3C(C)C=C2C12CCNCC2. The predicted molar refractivity (Wildman–Crippen MR) is 104 cm³/mol. The molecular formula is C21H29N3O3. The molecule has 6 heteroatoms. The molecule has 6 nitrogen and oxygen atoms in total. The second-order valence-electron chi connectivity index (χ2n) is 7.64. The van der Waals surface area contributed by atoms with E-state index in [1.807, 2.05) is 17.0 Å². The number of nitrogens with one attached hydrogen (secondary N) is 1. The monoisotopic (exact) mass is 371 g/mol. The molecule has 146 valence electrons. The average Bonchev–Trinajstić information content (AvgIpc) is 2.81. The summed E-state index contributed by atoms with van der Waals surface area (Å²) in [5.41, 5.74) is 3.23. The standard InChI is InChI=1S/C21H29N3O3/c1-5-24-20(25)23-13-15-11-16(26-3)12-17(27-4)19(15)14(2)10-18(23)21(24)6-8-22-9-7-21/h10-12,14,22H,5-9,13H2,1-4H3. The topological polar surface area (TPSA) is 54.0 Å². The van der Waals surface area contributed by atoms with Gasteiger partial charge in [-0.2, -0.15) is 0 Å². The average molecular weight is 371 g/mol. The summed E-state index contributed by atoms with van der Waals surface area (Å²) in [4.78, 5) is 17.4. The highest BCUT2D eigenvalue weighted by Gasteiger charge is 2.54. The largest absolute Gasteiger partial charge is 0.497 e. The molecule has 3 aliphatic rings. The van der Waals surface area contributed by atoms with Gasteiger partial charge < -0.3 is 19.7 Å². The summed E-state index contributed by atoms with van der Waals surface area (Å²) >= 11 is 0. The van der Waals surface area contributed by atoms with Gasteiger partial charge in [0, 0.05) is 29.8 Å². The molecule has 2 fully saturated rings. The molecule has 1 N–H and O–H groups in total. The summed E-state index contributed by atoms with van der Waals surface area (Å²) in [6.45, 7) is 7.44. The lowest BCUT2D eigenvalue weighted by Crippen LogP contribution is -2.52. The van der Waals surface area contributed by atoms with Gasteiger partial charge in [0.25, 0.3) is 0 Å². The summed E-state index contributed by atoms with van der Waals surface area (Å²) in [6, 6.07) is 4.10. The molecular weight excluding hydrogens is 342 g/mol. The fourth-order valence-corrected chi connectivity index (χ4v) is 5.10. The molecule has 0 aromatic heterocycles. The van der Waals surface area contributed by atoms with Gasteiger partial charge in [0.1, 0.15) is 11.5 Å². The highest BCUT2D eigenvalue weighted by molar-refractivity contribution is 5.83. The van der Waals surface area contributed by atoms with Crippen LogP contribution in [0.25, 0.3) is 0 Å². The van der Waals surface area contributed by atoms with Crippen molar-refractivity contribution in [3.63, 3.8) is 0 Å². The number of hydrogen-bond donors (Lipinski definition) is 1. The maximum absolute atomic E-state index is 13.4. The van der Waals surface area contributed by atoms with Gasteiger partial charge in [-0.05, 0) is 44.5 Å². The minimum atomic E-state index is -0.190. The Morgan fingerprint density at radius 3 is 2.59 bits per heavy atom. The first-order chi connectivity index (χ1) is 13.1. The van der Waals surface area contributed by atoms with Crippen LogP contribution in [-0.2, 0) is 6.54 Å². The van der Waals surface area contributed by atoms with E-state index < -0.39 is 0 Å². The van der Waals surface area contributed by atoms with E-state index >= 15 is 0 Å². The molecule has 1 aromatic rings. The molecule has 1 atom stereocenters. The zero-order chi connectivity index (χ0) is 19.2. The van der Waals surface area contributed by atoms with Gasteiger partial charge >= 0.3 is 6.03 Å². The lowest BCUT2D eigenvalue weighted by molar-refractivity contribution is 0.141. The third kappa shape index (κ3) is 2.61. The number of urea groups is 1. The number of likely N-dealkylation sites (N-methyl/N-ethyl adjacent to an activating group) is 1. The third-order valence-electron chi connectivity index (χ3n) is 6.34. The van der Waals surface area contributed by atoms with Gasteiger partial charge in [-0.3, -0.25) is 4.90 Å². The number of rotatable bonds is 3. The molecule has 0 saturated carbocycles. The van der Waals surface area contributed by atoms with Crippen molar-refractivity contribution < 1.29 is 14.3 Å². The zero-order valence-electron chi connectivity index (χ0n) is 16.7. The Hall–Kier alpha value is -2.21. The Kier molecular flexibility index (Phi) is 4.54. The predicted octanol–water partition coefficient (Wildman–Crippen LogP) is 3.08. The molecule has 1 unspecified atom stereocenters. The van der Waals surface area contributed by atoms with Crippen molar-refractivity contribution in [1.82, 2.24) is 15.1 Å².